The van der Waals surface area contributed by atoms with Crippen LogP contribution >= 0.6 is 0 Å². The van der Waals surface area contributed by atoms with Gasteiger partial charge in [-0.15, -0.1) is 0 Å². The van der Waals surface area contributed by atoms with Crippen molar-refractivity contribution >= 4 is 5.91 Å². The van der Waals surface area contributed by atoms with Gasteiger partial charge in [-0.2, -0.15) is 0 Å². The molecule has 0 heterocycles. The highest BCUT2D eigenvalue weighted by molar-refractivity contribution is 5.98. The number of ether oxygens (including phenoxy) is 3. The van der Waals surface area contributed by atoms with Crippen molar-refractivity contribution in [1.82, 2.24) is 5.32 Å². The molecule has 5 nitrogen and oxygen atoms in total. The molecule has 122 valence electrons. The number of para-hydroxylation sites is 1. The van der Waals surface area contributed by atoms with Gasteiger partial charge in [0, 0.05) is 0 Å². The van der Waals surface area contributed by atoms with Crippen molar-refractivity contribution in [3.63, 3.8) is 0 Å². The summed E-state index contributed by atoms with van der Waals surface area (Å²) in [5, 5.41) is 2.96. The zero-order chi connectivity index (χ0) is 16.8. The first-order valence-corrected chi connectivity index (χ1v) is 7.26. The van der Waals surface area contributed by atoms with E-state index < -0.39 is 0 Å². The van der Waals surface area contributed by atoms with Crippen LogP contribution in [0.2, 0.25) is 0 Å². The summed E-state index contributed by atoms with van der Waals surface area (Å²) in [6, 6.07) is 12.6. The third-order valence-electron chi connectivity index (χ3n) is 3.59. The lowest BCUT2D eigenvalue weighted by atomic mass is 10.1. The lowest BCUT2D eigenvalue weighted by molar-refractivity contribution is 0.0936. The minimum absolute atomic E-state index is 0.173. The first kappa shape index (κ1) is 16.7. The van der Waals surface area contributed by atoms with Gasteiger partial charge in [0.15, 0.2) is 11.5 Å². The fourth-order valence-corrected chi connectivity index (χ4v) is 2.33. The van der Waals surface area contributed by atoms with Crippen molar-refractivity contribution in [3.05, 3.63) is 53.6 Å². The van der Waals surface area contributed by atoms with Crippen LogP contribution in [0.5, 0.6) is 17.2 Å². The van der Waals surface area contributed by atoms with Crippen LogP contribution < -0.4 is 19.5 Å². The highest BCUT2D eigenvalue weighted by Crippen LogP contribution is 2.31. The number of methoxy groups -OCH3 is 3. The van der Waals surface area contributed by atoms with E-state index in [1.54, 1.807) is 32.4 Å². The van der Waals surface area contributed by atoms with Gasteiger partial charge in [0.25, 0.3) is 5.91 Å². The Morgan fingerprint density at radius 3 is 2.39 bits per heavy atom. The molecule has 0 aliphatic rings. The lowest BCUT2D eigenvalue weighted by Crippen LogP contribution is -2.27. The maximum absolute atomic E-state index is 12.6. The number of hydrogen-bond donors (Lipinski definition) is 1. The fourth-order valence-electron chi connectivity index (χ4n) is 2.33. The molecule has 0 saturated heterocycles. The molecule has 1 amide bonds. The molecule has 0 spiro atoms. The van der Waals surface area contributed by atoms with Crippen molar-refractivity contribution < 1.29 is 19.0 Å². The number of carbonyl (C=O) groups is 1. The quantitative estimate of drug-likeness (QED) is 0.889. The topological polar surface area (TPSA) is 56.8 Å². The second kappa shape index (κ2) is 7.54. The molecule has 0 aliphatic carbocycles. The fraction of sp³-hybridized carbons (Fsp3) is 0.278. The van der Waals surface area contributed by atoms with E-state index in [1.165, 1.54) is 7.11 Å². The molecule has 1 N–H and O–H groups in total. The molecule has 0 radical (unpaired) electrons. The van der Waals surface area contributed by atoms with E-state index in [4.69, 9.17) is 14.2 Å². The third kappa shape index (κ3) is 3.74. The first-order valence-electron chi connectivity index (χ1n) is 7.26. The van der Waals surface area contributed by atoms with E-state index in [1.807, 2.05) is 31.2 Å². The van der Waals surface area contributed by atoms with Crippen molar-refractivity contribution in [2.75, 3.05) is 21.3 Å². The van der Waals surface area contributed by atoms with Crippen LogP contribution in [-0.2, 0) is 0 Å². The normalized spacial score (nSPS) is 11.5. The highest BCUT2D eigenvalue weighted by atomic mass is 16.5. The maximum Gasteiger partial charge on any atom is 0.255 e. The number of rotatable bonds is 6. The molecule has 0 aliphatic heterocycles. The second-order valence-electron chi connectivity index (χ2n) is 5.01. The first-order chi connectivity index (χ1) is 11.1. The van der Waals surface area contributed by atoms with Gasteiger partial charge in [0.05, 0.1) is 32.9 Å². The van der Waals surface area contributed by atoms with Crippen molar-refractivity contribution in [1.29, 1.82) is 0 Å². The minimum Gasteiger partial charge on any atom is -0.497 e. The molecule has 0 aromatic heterocycles. The molecular formula is C18H21NO4. The molecule has 2 aromatic carbocycles. The minimum atomic E-state index is -0.226. The molecular weight excluding hydrogens is 294 g/mol. The Morgan fingerprint density at radius 1 is 1.00 bits per heavy atom. The average molecular weight is 315 g/mol. The Labute approximate surface area is 136 Å². The van der Waals surface area contributed by atoms with Crippen LogP contribution in [-0.4, -0.2) is 27.2 Å². The second-order valence-corrected chi connectivity index (χ2v) is 5.01. The summed E-state index contributed by atoms with van der Waals surface area (Å²) < 4.78 is 15.7. The largest absolute Gasteiger partial charge is 0.497 e. The van der Waals surface area contributed by atoms with E-state index in [-0.39, 0.29) is 11.9 Å². The van der Waals surface area contributed by atoms with Crippen LogP contribution in [0.1, 0.15) is 28.9 Å². The summed E-state index contributed by atoms with van der Waals surface area (Å²) in [6.45, 7) is 1.92. The van der Waals surface area contributed by atoms with Gasteiger partial charge in [-0.25, -0.2) is 0 Å². The van der Waals surface area contributed by atoms with Crippen LogP contribution in [0.4, 0.5) is 0 Å². The Balaban J connectivity index is 2.21. The third-order valence-corrected chi connectivity index (χ3v) is 3.59. The molecule has 2 aromatic rings. The Kier molecular flexibility index (Phi) is 5.46. The van der Waals surface area contributed by atoms with Gasteiger partial charge < -0.3 is 19.5 Å². The van der Waals surface area contributed by atoms with Gasteiger partial charge >= 0.3 is 0 Å². The van der Waals surface area contributed by atoms with Crippen LogP contribution in [0, 0.1) is 0 Å². The smallest absolute Gasteiger partial charge is 0.255 e. The van der Waals surface area contributed by atoms with Gasteiger partial charge in [-0.3, -0.25) is 4.79 Å². The summed E-state index contributed by atoms with van der Waals surface area (Å²) in [5.41, 5.74) is 1.39. The van der Waals surface area contributed by atoms with Gasteiger partial charge in [-0.05, 0) is 36.8 Å². The standard InChI is InChI=1S/C18H21NO4/c1-12(13-7-5-8-14(11-13)21-2)19-18(20)15-9-6-10-16(22-3)17(15)23-4/h5-12H,1-4H3,(H,19,20)/t12-/m0/s1. The van der Waals surface area contributed by atoms with Crippen molar-refractivity contribution in [2.24, 2.45) is 0 Å². The predicted molar refractivity (Wildman–Crippen MR) is 88.4 cm³/mol. The molecule has 0 bridgehead atoms. The van der Waals surface area contributed by atoms with E-state index in [2.05, 4.69) is 5.32 Å². The monoisotopic (exact) mass is 315 g/mol. The van der Waals surface area contributed by atoms with E-state index in [0.29, 0.717) is 17.1 Å². The predicted octanol–water partition coefficient (Wildman–Crippen LogP) is 3.20. The number of carbonyl (C=O) groups excluding carboxylic acids is 1. The summed E-state index contributed by atoms with van der Waals surface area (Å²) in [6.07, 6.45) is 0. The van der Waals surface area contributed by atoms with Gasteiger partial charge in [0.1, 0.15) is 5.75 Å². The highest BCUT2D eigenvalue weighted by Gasteiger charge is 2.18. The molecule has 0 unspecified atom stereocenters. The van der Waals surface area contributed by atoms with Crippen LogP contribution in [0.25, 0.3) is 0 Å². The molecule has 5 heteroatoms. The zero-order valence-corrected chi connectivity index (χ0v) is 13.8. The van der Waals surface area contributed by atoms with Crippen molar-refractivity contribution in [3.8, 4) is 17.2 Å². The summed E-state index contributed by atoms with van der Waals surface area (Å²) >= 11 is 0. The van der Waals surface area contributed by atoms with E-state index in [0.717, 1.165) is 11.3 Å². The molecule has 0 saturated carbocycles. The SMILES string of the molecule is COc1cccc([C@H](C)NC(=O)c2cccc(OC)c2OC)c1. The van der Waals surface area contributed by atoms with Gasteiger partial charge in [-0.1, -0.05) is 18.2 Å². The molecule has 0 fully saturated rings. The average Bonchev–Trinajstić information content (AvgIpc) is 2.60. The van der Waals surface area contributed by atoms with Crippen LogP contribution in [0.3, 0.4) is 0 Å². The van der Waals surface area contributed by atoms with E-state index >= 15 is 0 Å². The number of hydrogen-bond acceptors (Lipinski definition) is 4. The van der Waals surface area contributed by atoms with Gasteiger partial charge in [0.2, 0.25) is 0 Å². The maximum atomic E-state index is 12.6. The summed E-state index contributed by atoms with van der Waals surface area (Å²) in [7, 11) is 4.67. The molecule has 2 rings (SSSR count). The van der Waals surface area contributed by atoms with Crippen molar-refractivity contribution in [2.45, 2.75) is 13.0 Å². The van der Waals surface area contributed by atoms with E-state index in [9.17, 15) is 4.79 Å². The molecule has 23 heavy (non-hydrogen) atoms. The summed E-state index contributed by atoms with van der Waals surface area (Å²) in [5.74, 6) is 1.47. The lowest BCUT2D eigenvalue weighted by Gasteiger charge is -2.17. The Morgan fingerprint density at radius 2 is 1.74 bits per heavy atom. The number of amides is 1. The molecule has 1 atom stereocenters. The van der Waals surface area contributed by atoms with Crippen LogP contribution in [0.15, 0.2) is 42.5 Å². The Bertz CT molecular complexity index is 684. The zero-order valence-electron chi connectivity index (χ0n) is 13.8. The number of nitrogens with one attached hydrogen (secondary N) is 1. The number of benzene rings is 2. The Hall–Kier alpha value is -2.69. The summed E-state index contributed by atoms with van der Waals surface area (Å²) in [4.78, 5) is 12.6.